The van der Waals surface area contributed by atoms with E-state index in [1.54, 1.807) is 6.07 Å². The zero-order valence-electron chi connectivity index (χ0n) is 23.1. The van der Waals surface area contributed by atoms with Gasteiger partial charge in [-0.25, -0.2) is 13.2 Å². The predicted molar refractivity (Wildman–Crippen MR) is 152 cm³/mol. The van der Waals surface area contributed by atoms with Crippen LogP contribution in [-0.2, 0) is 19.6 Å². The number of nitrogens with one attached hydrogen (secondary N) is 1. The SMILES string of the molecule is C[C@H](NC(=O)COC(=O)c1cccc(S(=O)(=O)N2CCN(c3ccccc3)CC2)c1)C12CC3CC(CC(C3)C1)C2. The Bertz CT molecular complexity index is 1320. The van der Waals surface area contributed by atoms with Gasteiger partial charge in [-0.2, -0.15) is 4.31 Å². The van der Waals surface area contributed by atoms with Crippen molar-refractivity contribution in [1.82, 2.24) is 9.62 Å². The number of esters is 1. The van der Waals surface area contributed by atoms with Crippen LogP contribution < -0.4 is 10.2 Å². The molecule has 4 bridgehead atoms. The quantitative estimate of drug-likeness (QED) is 0.485. The van der Waals surface area contributed by atoms with E-state index in [-0.39, 0.29) is 34.4 Å². The molecule has 1 N–H and O–H groups in total. The van der Waals surface area contributed by atoms with Gasteiger partial charge in [0.05, 0.1) is 10.5 Å². The van der Waals surface area contributed by atoms with E-state index in [9.17, 15) is 18.0 Å². The lowest BCUT2D eigenvalue weighted by atomic mass is 9.48. The average molecular weight is 566 g/mol. The minimum atomic E-state index is -3.77. The summed E-state index contributed by atoms with van der Waals surface area (Å²) in [4.78, 5) is 27.8. The molecule has 0 unspecified atom stereocenters. The van der Waals surface area contributed by atoms with Crippen molar-refractivity contribution in [3.63, 3.8) is 0 Å². The zero-order chi connectivity index (χ0) is 27.9. The Balaban J connectivity index is 1.03. The summed E-state index contributed by atoms with van der Waals surface area (Å²) in [7, 11) is -3.77. The maximum Gasteiger partial charge on any atom is 0.338 e. The van der Waals surface area contributed by atoms with E-state index < -0.39 is 16.0 Å². The Labute approximate surface area is 237 Å². The van der Waals surface area contributed by atoms with Gasteiger partial charge in [-0.05, 0) is 98.9 Å². The summed E-state index contributed by atoms with van der Waals surface area (Å²) in [5, 5.41) is 3.12. The molecule has 7 rings (SSSR count). The van der Waals surface area contributed by atoms with Gasteiger partial charge in [-0.1, -0.05) is 24.3 Å². The average Bonchev–Trinajstić information content (AvgIpc) is 2.96. The third-order valence-electron chi connectivity index (χ3n) is 9.78. The van der Waals surface area contributed by atoms with Gasteiger partial charge >= 0.3 is 5.97 Å². The van der Waals surface area contributed by atoms with Crippen molar-refractivity contribution < 1.29 is 22.7 Å². The molecular weight excluding hydrogens is 526 g/mol. The second-order valence-electron chi connectivity index (χ2n) is 12.4. The number of anilines is 1. The molecule has 5 aliphatic rings. The van der Waals surface area contributed by atoms with Gasteiger partial charge in [0.25, 0.3) is 5.91 Å². The van der Waals surface area contributed by atoms with Crippen LogP contribution in [0.3, 0.4) is 0 Å². The third-order valence-corrected chi connectivity index (χ3v) is 11.7. The minimum absolute atomic E-state index is 0.0444. The molecule has 0 spiro atoms. The van der Waals surface area contributed by atoms with Crippen molar-refractivity contribution in [2.45, 2.75) is 56.4 Å². The van der Waals surface area contributed by atoms with Crippen molar-refractivity contribution in [3.05, 3.63) is 60.2 Å². The third kappa shape index (κ3) is 5.38. The normalized spacial score (nSPS) is 28.7. The molecule has 5 fully saturated rings. The number of carbonyl (C=O) groups excluding carboxylic acids is 2. The lowest BCUT2D eigenvalue weighted by molar-refractivity contribution is -0.128. The van der Waals surface area contributed by atoms with Crippen molar-refractivity contribution >= 4 is 27.6 Å². The second kappa shape index (κ2) is 10.8. The van der Waals surface area contributed by atoms with Crippen LogP contribution in [0.4, 0.5) is 5.69 Å². The fourth-order valence-electron chi connectivity index (χ4n) is 8.12. The molecule has 40 heavy (non-hydrogen) atoms. The van der Waals surface area contributed by atoms with Gasteiger partial charge in [0.1, 0.15) is 0 Å². The molecule has 1 aliphatic heterocycles. The summed E-state index contributed by atoms with van der Waals surface area (Å²) >= 11 is 0. The highest BCUT2D eigenvalue weighted by Gasteiger charge is 2.53. The van der Waals surface area contributed by atoms with E-state index in [1.165, 1.54) is 61.0 Å². The maximum absolute atomic E-state index is 13.3. The predicted octanol–water partition coefficient (Wildman–Crippen LogP) is 4.08. The van der Waals surface area contributed by atoms with Crippen molar-refractivity contribution in [1.29, 1.82) is 0 Å². The van der Waals surface area contributed by atoms with Gasteiger partial charge < -0.3 is 15.0 Å². The first-order valence-electron chi connectivity index (χ1n) is 14.6. The number of ether oxygens (including phenoxy) is 1. The lowest BCUT2D eigenvalue weighted by Crippen LogP contribution is -2.56. The van der Waals surface area contributed by atoms with Gasteiger partial charge in [-0.3, -0.25) is 4.79 Å². The van der Waals surface area contributed by atoms with Crippen LogP contribution >= 0.6 is 0 Å². The number of benzene rings is 2. The molecule has 0 aromatic heterocycles. The van der Waals surface area contributed by atoms with Gasteiger partial charge in [0, 0.05) is 37.9 Å². The van der Waals surface area contributed by atoms with E-state index in [1.807, 2.05) is 30.3 Å². The van der Waals surface area contributed by atoms with E-state index in [0.29, 0.717) is 26.2 Å². The number of hydrogen-bond donors (Lipinski definition) is 1. The molecule has 0 radical (unpaired) electrons. The molecule has 214 valence electrons. The molecule has 8 nitrogen and oxygen atoms in total. The molecule has 4 aliphatic carbocycles. The Kier molecular flexibility index (Phi) is 7.38. The number of hydrogen-bond acceptors (Lipinski definition) is 6. The first-order valence-corrected chi connectivity index (χ1v) is 16.0. The van der Waals surface area contributed by atoms with Crippen LogP contribution in [-0.4, -0.2) is 63.4 Å². The van der Waals surface area contributed by atoms with Crippen molar-refractivity contribution in [2.75, 3.05) is 37.7 Å². The number of sulfonamides is 1. The standard InChI is InChI=1S/C31H39N3O5S/c1-22(31-18-23-14-24(19-31)16-25(15-23)20-31)32-29(35)21-39-30(36)26-6-5-9-28(17-26)40(37,38)34-12-10-33(11-13-34)27-7-3-2-4-8-27/h2-9,17,22-25H,10-16,18-21H2,1H3,(H,32,35)/t22-,23?,24?,25?,31?/m0/s1. The monoisotopic (exact) mass is 565 g/mol. The number of nitrogens with zero attached hydrogens (tertiary/aromatic N) is 2. The van der Waals surface area contributed by atoms with Crippen LogP contribution in [0, 0.1) is 23.2 Å². The van der Waals surface area contributed by atoms with Crippen molar-refractivity contribution in [3.8, 4) is 0 Å². The number of carbonyl (C=O) groups is 2. The Hall–Kier alpha value is -2.91. The topological polar surface area (TPSA) is 96.0 Å². The van der Waals surface area contributed by atoms with Crippen LogP contribution in [0.1, 0.15) is 55.8 Å². The number of rotatable bonds is 8. The molecule has 1 heterocycles. The molecule has 1 amide bonds. The Morgan fingerprint density at radius 2 is 1.55 bits per heavy atom. The Morgan fingerprint density at radius 3 is 2.17 bits per heavy atom. The highest BCUT2D eigenvalue weighted by molar-refractivity contribution is 7.89. The molecule has 9 heteroatoms. The molecular formula is C31H39N3O5S. The first kappa shape index (κ1) is 27.3. The summed E-state index contributed by atoms with van der Waals surface area (Å²) in [6.45, 7) is 3.60. The Morgan fingerprint density at radius 1 is 0.925 bits per heavy atom. The fourth-order valence-corrected chi connectivity index (χ4v) is 9.59. The maximum atomic E-state index is 13.3. The van der Waals surface area contributed by atoms with Gasteiger partial charge in [0.15, 0.2) is 6.61 Å². The summed E-state index contributed by atoms with van der Waals surface area (Å²) in [6.07, 6.45) is 7.58. The van der Waals surface area contributed by atoms with E-state index in [0.717, 1.165) is 23.4 Å². The smallest absolute Gasteiger partial charge is 0.338 e. The summed E-state index contributed by atoms with van der Waals surface area (Å²) in [6, 6.07) is 15.9. The molecule has 4 saturated carbocycles. The minimum Gasteiger partial charge on any atom is -0.452 e. The number of amides is 1. The zero-order valence-corrected chi connectivity index (χ0v) is 23.9. The van der Waals surface area contributed by atoms with Gasteiger partial charge in [0.2, 0.25) is 10.0 Å². The molecule has 1 atom stereocenters. The van der Waals surface area contributed by atoms with E-state index >= 15 is 0 Å². The van der Waals surface area contributed by atoms with Crippen LogP contribution in [0.2, 0.25) is 0 Å². The summed E-state index contributed by atoms with van der Waals surface area (Å²) in [5.41, 5.74) is 1.36. The first-order chi connectivity index (χ1) is 19.2. The molecule has 2 aromatic rings. The second-order valence-corrected chi connectivity index (χ2v) is 14.3. The largest absolute Gasteiger partial charge is 0.452 e. The summed E-state index contributed by atoms with van der Waals surface area (Å²) in [5.74, 6) is 1.36. The van der Waals surface area contributed by atoms with E-state index in [2.05, 4.69) is 17.1 Å². The number of piperazine rings is 1. The number of para-hydroxylation sites is 1. The highest BCUT2D eigenvalue weighted by atomic mass is 32.2. The van der Waals surface area contributed by atoms with Crippen LogP contribution in [0.15, 0.2) is 59.5 Å². The highest BCUT2D eigenvalue weighted by Crippen LogP contribution is 2.61. The lowest BCUT2D eigenvalue weighted by Gasteiger charge is -2.59. The fraction of sp³-hybridized carbons (Fsp3) is 0.548. The summed E-state index contributed by atoms with van der Waals surface area (Å²) < 4.78 is 33.5. The van der Waals surface area contributed by atoms with Gasteiger partial charge in [-0.15, -0.1) is 0 Å². The van der Waals surface area contributed by atoms with Crippen LogP contribution in [0.5, 0.6) is 0 Å². The van der Waals surface area contributed by atoms with Crippen LogP contribution in [0.25, 0.3) is 0 Å². The van der Waals surface area contributed by atoms with E-state index in [4.69, 9.17) is 4.74 Å². The molecule has 1 saturated heterocycles. The molecule has 2 aromatic carbocycles. The van der Waals surface area contributed by atoms with Crippen molar-refractivity contribution in [2.24, 2.45) is 23.2 Å².